The number of amides is 1. The van der Waals surface area contributed by atoms with Crippen molar-refractivity contribution in [2.45, 2.75) is 51.5 Å². The summed E-state index contributed by atoms with van der Waals surface area (Å²) >= 11 is 6.18. The third-order valence-corrected chi connectivity index (χ3v) is 7.06. The quantitative estimate of drug-likeness (QED) is 0.113. The minimum absolute atomic E-state index is 0.00498. The molecule has 3 aromatic carbocycles. The minimum Gasteiger partial charge on any atom is -0.342 e. The minimum atomic E-state index is -0.777. The van der Waals surface area contributed by atoms with Gasteiger partial charge in [-0.25, -0.2) is 0 Å². The van der Waals surface area contributed by atoms with E-state index in [0.717, 1.165) is 11.1 Å². The summed E-state index contributed by atoms with van der Waals surface area (Å²) in [5.41, 5.74) is 3.47. The zero-order chi connectivity index (χ0) is 30.6. The molecule has 4 aromatic rings. The Balaban J connectivity index is 1.43. The van der Waals surface area contributed by atoms with E-state index in [1.54, 1.807) is 55.5 Å². The maximum Gasteiger partial charge on any atom is 0.244 e. The van der Waals surface area contributed by atoms with Gasteiger partial charge in [0.05, 0.1) is 11.7 Å². The van der Waals surface area contributed by atoms with E-state index in [-0.39, 0.29) is 23.8 Å². The number of carbonyl (C=O) groups excluding carboxylic acids is 4. The van der Waals surface area contributed by atoms with Crippen LogP contribution in [0.5, 0.6) is 0 Å². The average molecular weight is 598 g/mol. The molecule has 0 aliphatic carbocycles. The van der Waals surface area contributed by atoms with E-state index in [1.165, 1.54) is 17.1 Å². The van der Waals surface area contributed by atoms with Crippen molar-refractivity contribution in [3.05, 3.63) is 112 Å². The van der Waals surface area contributed by atoms with Gasteiger partial charge in [0.2, 0.25) is 5.91 Å². The highest BCUT2D eigenvalue weighted by Crippen LogP contribution is 2.20. The Kier molecular flexibility index (Phi) is 11.2. The zero-order valence-electron chi connectivity index (χ0n) is 23.8. The average Bonchev–Trinajstić information content (AvgIpc) is 3.53. The van der Waals surface area contributed by atoms with E-state index < -0.39 is 11.9 Å². The Bertz CT molecular complexity index is 1590. The van der Waals surface area contributed by atoms with Crippen LogP contribution in [-0.4, -0.2) is 49.5 Å². The van der Waals surface area contributed by atoms with Crippen molar-refractivity contribution >= 4 is 40.9 Å². The van der Waals surface area contributed by atoms with Crippen molar-refractivity contribution in [3.8, 4) is 5.69 Å². The Hall–Kier alpha value is -4.76. The third kappa shape index (κ3) is 9.65. The highest BCUT2D eigenvalue weighted by atomic mass is 35.5. The monoisotopic (exact) mass is 597 g/mol. The number of Topliss-reactive ketones (excluding diaryl/α,β-unsaturated/α-hetero) is 3. The van der Waals surface area contributed by atoms with Crippen LogP contribution in [0.15, 0.2) is 85.2 Å². The molecule has 10 heteroatoms. The van der Waals surface area contributed by atoms with Gasteiger partial charge >= 0.3 is 0 Å². The van der Waals surface area contributed by atoms with E-state index in [2.05, 4.69) is 20.8 Å². The lowest BCUT2D eigenvalue weighted by molar-refractivity contribution is -0.125. The summed E-state index contributed by atoms with van der Waals surface area (Å²) in [4.78, 5) is 50.1. The number of benzene rings is 3. The number of carbonyl (C=O) groups is 4. The number of ketones is 3. The van der Waals surface area contributed by atoms with Crippen LogP contribution in [0.4, 0.5) is 0 Å². The van der Waals surface area contributed by atoms with Gasteiger partial charge < -0.3 is 10.1 Å². The predicted molar refractivity (Wildman–Crippen MR) is 164 cm³/mol. The fourth-order valence-electron chi connectivity index (χ4n) is 4.56. The zero-order valence-corrected chi connectivity index (χ0v) is 24.5. The highest BCUT2D eigenvalue weighted by molar-refractivity contribution is 6.30. The lowest BCUT2D eigenvalue weighted by Gasteiger charge is -2.17. The smallest absolute Gasteiger partial charge is 0.244 e. The molecule has 0 fully saturated rings. The van der Waals surface area contributed by atoms with Crippen LogP contribution < -0.4 is 5.32 Å². The van der Waals surface area contributed by atoms with Crippen molar-refractivity contribution in [2.24, 2.45) is 0 Å². The molecule has 1 amide bonds. The largest absolute Gasteiger partial charge is 0.342 e. The lowest BCUT2D eigenvalue weighted by atomic mass is 9.96. The first-order valence-electron chi connectivity index (χ1n) is 14.0. The van der Waals surface area contributed by atoms with Crippen LogP contribution in [-0.2, 0) is 27.2 Å². The van der Waals surface area contributed by atoms with Gasteiger partial charge in [-0.05, 0) is 72.0 Å². The summed E-state index contributed by atoms with van der Waals surface area (Å²) in [5, 5.41) is 14.6. The van der Waals surface area contributed by atoms with Gasteiger partial charge in [-0.2, -0.15) is 4.68 Å². The number of nitrogens with one attached hydrogen (secondary N) is 1. The number of unbranched alkanes of at least 4 members (excludes halogenated alkanes) is 1. The summed E-state index contributed by atoms with van der Waals surface area (Å²) in [5.74, 6) is -0.477. The number of halogens is 1. The highest BCUT2D eigenvalue weighted by Gasteiger charge is 2.21. The second-order valence-electron chi connectivity index (χ2n) is 10.2. The Morgan fingerprint density at radius 2 is 1.67 bits per heavy atom. The van der Waals surface area contributed by atoms with Crippen LogP contribution >= 0.6 is 11.6 Å². The van der Waals surface area contributed by atoms with Crippen LogP contribution in [0.25, 0.3) is 11.8 Å². The van der Waals surface area contributed by atoms with E-state index in [9.17, 15) is 19.2 Å². The van der Waals surface area contributed by atoms with Gasteiger partial charge in [0.25, 0.3) is 0 Å². The predicted octanol–water partition coefficient (Wildman–Crippen LogP) is 5.20. The van der Waals surface area contributed by atoms with Crippen molar-refractivity contribution in [1.29, 1.82) is 0 Å². The number of aromatic nitrogens is 4. The summed E-state index contributed by atoms with van der Waals surface area (Å²) in [7, 11) is 0. The molecule has 220 valence electrons. The number of rotatable bonds is 15. The first kappa shape index (κ1) is 31.2. The van der Waals surface area contributed by atoms with Crippen LogP contribution in [0.1, 0.15) is 59.7 Å². The van der Waals surface area contributed by atoms with Crippen molar-refractivity contribution < 1.29 is 19.2 Å². The molecule has 0 bridgehead atoms. The molecule has 1 aromatic heterocycles. The second-order valence-corrected chi connectivity index (χ2v) is 10.7. The fourth-order valence-corrected chi connectivity index (χ4v) is 4.74. The molecule has 0 saturated heterocycles. The summed E-state index contributed by atoms with van der Waals surface area (Å²) in [6, 6.07) is 20.8. The molecule has 0 unspecified atom stereocenters. The van der Waals surface area contributed by atoms with Crippen molar-refractivity contribution in [2.75, 3.05) is 0 Å². The van der Waals surface area contributed by atoms with Gasteiger partial charge in [-0.3, -0.25) is 14.4 Å². The molecule has 1 heterocycles. The number of tetrazole rings is 1. The number of hydrogen-bond acceptors (Lipinski definition) is 7. The molecular weight excluding hydrogens is 566 g/mol. The molecule has 4 rings (SSSR count). The first-order chi connectivity index (χ1) is 20.8. The van der Waals surface area contributed by atoms with E-state index in [4.69, 9.17) is 11.6 Å². The van der Waals surface area contributed by atoms with Crippen LogP contribution in [0, 0.1) is 0 Å². The van der Waals surface area contributed by atoms with E-state index in [1.807, 2.05) is 30.3 Å². The summed E-state index contributed by atoms with van der Waals surface area (Å²) in [6.07, 6.45) is 6.99. The van der Waals surface area contributed by atoms with E-state index in [0.29, 0.717) is 53.9 Å². The van der Waals surface area contributed by atoms with Gasteiger partial charge in [0, 0.05) is 41.5 Å². The van der Waals surface area contributed by atoms with Gasteiger partial charge in [-0.1, -0.05) is 66.2 Å². The van der Waals surface area contributed by atoms with Gasteiger partial charge in [-0.15, -0.1) is 5.10 Å². The molecule has 43 heavy (non-hydrogen) atoms. The van der Waals surface area contributed by atoms with Gasteiger partial charge in [0.1, 0.15) is 12.1 Å². The molecule has 0 radical (unpaired) electrons. The maximum absolute atomic E-state index is 13.5. The standard InChI is InChI=1S/C33H32ClN5O4/c1-23(40)7-5-6-10-31(41)26-13-11-25(12-14-26)20-32(42)29(19-24-8-3-2-4-9-24)36-33(43)18-15-27-21-28(34)16-17-30(27)39-22-35-37-38-39/h2-4,8-9,11-18,21-22,29H,5-7,10,19-20H2,1H3,(H,36,43)/b18-15+/t29-/m0/s1. The molecule has 0 aliphatic heterocycles. The third-order valence-electron chi connectivity index (χ3n) is 6.82. The number of nitrogens with zero attached hydrogens (tertiary/aromatic N) is 4. The summed E-state index contributed by atoms with van der Waals surface area (Å²) in [6.45, 7) is 1.55. The maximum atomic E-state index is 13.5. The van der Waals surface area contributed by atoms with Gasteiger partial charge in [0.15, 0.2) is 11.6 Å². The SMILES string of the molecule is CC(=O)CCCCC(=O)c1ccc(CC(=O)[C@H](Cc2ccccc2)NC(=O)/C=C/c2cc(Cl)ccc2-n2cnnn2)cc1. The second kappa shape index (κ2) is 15.5. The molecule has 9 nitrogen and oxygen atoms in total. The van der Waals surface area contributed by atoms with E-state index >= 15 is 0 Å². The molecule has 0 aliphatic rings. The topological polar surface area (TPSA) is 124 Å². The normalized spacial score (nSPS) is 11.8. The van der Waals surface area contributed by atoms with Crippen molar-refractivity contribution in [1.82, 2.24) is 25.5 Å². The molecule has 1 N–H and O–H groups in total. The molecular formula is C33H32ClN5O4. The summed E-state index contributed by atoms with van der Waals surface area (Å²) < 4.78 is 1.46. The van der Waals surface area contributed by atoms with Crippen LogP contribution in [0.2, 0.25) is 5.02 Å². The Labute approximate surface area is 255 Å². The lowest BCUT2D eigenvalue weighted by Crippen LogP contribution is -2.42. The van der Waals surface area contributed by atoms with Crippen molar-refractivity contribution in [3.63, 3.8) is 0 Å². The Morgan fingerprint density at radius 1 is 0.930 bits per heavy atom. The Morgan fingerprint density at radius 3 is 2.37 bits per heavy atom. The molecule has 1 atom stereocenters. The fraction of sp³-hybridized carbons (Fsp3) is 0.242. The molecule has 0 saturated carbocycles. The molecule has 0 spiro atoms. The first-order valence-corrected chi connectivity index (χ1v) is 14.4. The van der Waals surface area contributed by atoms with Crippen LogP contribution in [0.3, 0.4) is 0 Å². The number of hydrogen-bond donors (Lipinski definition) is 1.